The van der Waals surface area contributed by atoms with Crippen LogP contribution < -0.4 is 14.2 Å². The predicted molar refractivity (Wildman–Crippen MR) is 87.4 cm³/mol. The van der Waals surface area contributed by atoms with Gasteiger partial charge in [0.25, 0.3) is 0 Å². The molecule has 1 N–H and O–H groups in total. The largest absolute Gasteiger partial charge is 0.494 e. The molecule has 5 nitrogen and oxygen atoms in total. The molecule has 1 heterocycles. The Kier molecular flexibility index (Phi) is 4.54. The van der Waals surface area contributed by atoms with Gasteiger partial charge in [-0.1, -0.05) is 18.2 Å². The highest BCUT2D eigenvalue weighted by molar-refractivity contribution is 7.89. The van der Waals surface area contributed by atoms with Gasteiger partial charge in [-0.15, -0.1) is 0 Å². The van der Waals surface area contributed by atoms with E-state index in [1.165, 1.54) is 0 Å². The average Bonchev–Trinajstić information content (AvgIpc) is 2.55. The number of hydrogen-bond acceptors (Lipinski definition) is 4. The van der Waals surface area contributed by atoms with E-state index in [0.717, 1.165) is 11.3 Å². The van der Waals surface area contributed by atoms with Crippen LogP contribution in [0.15, 0.2) is 53.4 Å². The van der Waals surface area contributed by atoms with Crippen molar-refractivity contribution in [1.29, 1.82) is 0 Å². The van der Waals surface area contributed by atoms with Crippen molar-refractivity contribution in [2.45, 2.75) is 24.3 Å². The molecule has 0 saturated carbocycles. The second-order valence-electron chi connectivity index (χ2n) is 5.35. The quantitative estimate of drug-likeness (QED) is 0.912. The zero-order valence-corrected chi connectivity index (χ0v) is 13.7. The zero-order valence-electron chi connectivity index (χ0n) is 12.9. The van der Waals surface area contributed by atoms with Crippen molar-refractivity contribution in [2.75, 3.05) is 13.2 Å². The minimum absolute atomic E-state index is 0.222. The van der Waals surface area contributed by atoms with Crippen LogP contribution in [0.4, 0.5) is 0 Å². The third-order valence-corrected chi connectivity index (χ3v) is 5.18. The number of fused-ring (bicyclic) bond motifs is 1. The summed E-state index contributed by atoms with van der Waals surface area (Å²) in [5, 5.41) is 0. The summed E-state index contributed by atoms with van der Waals surface area (Å²) in [4.78, 5) is 0.222. The molecule has 6 heteroatoms. The molecule has 0 aromatic heterocycles. The summed E-state index contributed by atoms with van der Waals surface area (Å²) in [7, 11) is -3.58. The van der Waals surface area contributed by atoms with Gasteiger partial charge in [-0.05, 0) is 49.2 Å². The van der Waals surface area contributed by atoms with E-state index in [2.05, 4.69) is 4.72 Å². The average molecular weight is 333 g/mol. The fraction of sp³-hybridized carbons (Fsp3) is 0.294. The van der Waals surface area contributed by atoms with Crippen molar-refractivity contribution in [3.05, 3.63) is 54.1 Å². The molecule has 0 amide bonds. The van der Waals surface area contributed by atoms with Crippen LogP contribution in [0.25, 0.3) is 0 Å². The van der Waals surface area contributed by atoms with E-state index < -0.39 is 10.0 Å². The molecule has 0 spiro atoms. The monoisotopic (exact) mass is 333 g/mol. The molecule has 1 aliphatic heterocycles. The third kappa shape index (κ3) is 3.65. The standard InChI is InChI=1S/C17H19NO4S/c1-2-21-15-7-9-16(10-8-15)23(19,20)18-14-11-13-5-3-4-6-17(13)22-12-14/h3-10,14,18H,2,11-12H2,1H3. The Morgan fingerprint density at radius 2 is 1.91 bits per heavy atom. The summed E-state index contributed by atoms with van der Waals surface area (Å²) in [6.07, 6.45) is 0.617. The van der Waals surface area contributed by atoms with Crippen molar-refractivity contribution in [3.8, 4) is 11.5 Å². The molecule has 0 radical (unpaired) electrons. The first-order valence-electron chi connectivity index (χ1n) is 7.54. The van der Waals surface area contributed by atoms with Gasteiger partial charge in [0.05, 0.1) is 17.5 Å². The molecule has 2 aromatic carbocycles. The third-order valence-electron chi connectivity index (χ3n) is 3.65. The van der Waals surface area contributed by atoms with Crippen LogP contribution in [-0.2, 0) is 16.4 Å². The number of para-hydroxylation sites is 1. The fourth-order valence-electron chi connectivity index (χ4n) is 2.57. The van der Waals surface area contributed by atoms with Crippen molar-refractivity contribution in [3.63, 3.8) is 0 Å². The van der Waals surface area contributed by atoms with Crippen molar-refractivity contribution >= 4 is 10.0 Å². The molecule has 0 aliphatic carbocycles. The molecular weight excluding hydrogens is 314 g/mol. The van der Waals surface area contributed by atoms with Gasteiger partial charge in [0, 0.05) is 0 Å². The molecule has 0 bridgehead atoms. The normalized spacial score (nSPS) is 17.2. The Morgan fingerprint density at radius 1 is 1.17 bits per heavy atom. The summed E-state index contributed by atoms with van der Waals surface area (Å²) in [6.45, 7) is 2.75. The molecule has 23 heavy (non-hydrogen) atoms. The second kappa shape index (κ2) is 6.60. The van der Waals surface area contributed by atoms with Gasteiger partial charge in [-0.25, -0.2) is 13.1 Å². The number of rotatable bonds is 5. The van der Waals surface area contributed by atoms with Gasteiger partial charge in [-0.2, -0.15) is 0 Å². The summed E-state index contributed by atoms with van der Waals surface area (Å²) in [5.41, 5.74) is 1.01. The maximum atomic E-state index is 12.5. The second-order valence-corrected chi connectivity index (χ2v) is 7.06. The first kappa shape index (κ1) is 15.8. The molecular formula is C17H19NO4S. The lowest BCUT2D eigenvalue weighted by Gasteiger charge is -2.25. The number of nitrogens with one attached hydrogen (secondary N) is 1. The van der Waals surface area contributed by atoms with Gasteiger partial charge in [0.15, 0.2) is 0 Å². The molecule has 1 unspecified atom stereocenters. The smallest absolute Gasteiger partial charge is 0.240 e. The maximum Gasteiger partial charge on any atom is 0.240 e. The summed E-state index contributed by atoms with van der Waals surface area (Å²) in [5.74, 6) is 1.48. The van der Waals surface area contributed by atoms with E-state index in [-0.39, 0.29) is 10.9 Å². The Labute approximate surface area is 136 Å². The van der Waals surface area contributed by atoms with Gasteiger partial charge in [0.2, 0.25) is 10.0 Å². The highest BCUT2D eigenvalue weighted by atomic mass is 32.2. The van der Waals surface area contributed by atoms with Crippen molar-refractivity contribution in [1.82, 2.24) is 4.72 Å². The number of hydrogen-bond donors (Lipinski definition) is 1. The highest BCUT2D eigenvalue weighted by Crippen LogP contribution is 2.25. The molecule has 3 rings (SSSR count). The Bertz CT molecular complexity index is 771. The lowest BCUT2D eigenvalue weighted by Crippen LogP contribution is -2.42. The summed E-state index contributed by atoms with van der Waals surface area (Å²) >= 11 is 0. The minimum atomic E-state index is -3.58. The highest BCUT2D eigenvalue weighted by Gasteiger charge is 2.25. The Morgan fingerprint density at radius 3 is 2.65 bits per heavy atom. The van der Waals surface area contributed by atoms with E-state index in [1.54, 1.807) is 24.3 Å². The number of ether oxygens (including phenoxy) is 2. The van der Waals surface area contributed by atoms with E-state index >= 15 is 0 Å². The number of benzene rings is 2. The molecule has 2 aromatic rings. The van der Waals surface area contributed by atoms with Crippen LogP contribution >= 0.6 is 0 Å². The lowest BCUT2D eigenvalue weighted by atomic mass is 10.0. The van der Waals surface area contributed by atoms with Crippen LogP contribution in [0.1, 0.15) is 12.5 Å². The van der Waals surface area contributed by atoms with Crippen molar-refractivity contribution < 1.29 is 17.9 Å². The van der Waals surface area contributed by atoms with E-state index in [1.807, 2.05) is 31.2 Å². The van der Waals surface area contributed by atoms with Gasteiger partial charge in [-0.3, -0.25) is 0 Å². The summed E-state index contributed by atoms with van der Waals surface area (Å²) in [6, 6.07) is 13.8. The first-order chi connectivity index (χ1) is 11.1. The minimum Gasteiger partial charge on any atom is -0.494 e. The van der Waals surface area contributed by atoms with Gasteiger partial charge in [0.1, 0.15) is 18.1 Å². The van der Waals surface area contributed by atoms with Gasteiger partial charge >= 0.3 is 0 Å². The fourth-order valence-corrected chi connectivity index (χ4v) is 3.79. The van der Waals surface area contributed by atoms with Crippen LogP contribution in [0.2, 0.25) is 0 Å². The van der Waals surface area contributed by atoms with Crippen LogP contribution in [0.5, 0.6) is 11.5 Å². The van der Waals surface area contributed by atoms with Crippen LogP contribution in [-0.4, -0.2) is 27.7 Å². The Hall–Kier alpha value is -2.05. The number of sulfonamides is 1. The van der Waals surface area contributed by atoms with Crippen LogP contribution in [0, 0.1) is 0 Å². The van der Waals surface area contributed by atoms with Crippen molar-refractivity contribution in [2.24, 2.45) is 0 Å². The molecule has 0 saturated heterocycles. The molecule has 1 aliphatic rings. The lowest BCUT2D eigenvalue weighted by molar-refractivity contribution is 0.254. The first-order valence-corrected chi connectivity index (χ1v) is 9.02. The van der Waals surface area contributed by atoms with Gasteiger partial charge < -0.3 is 9.47 Å². The topological polar surface area (TPSA) is 64.6 Å². The predicted octanol–water partition coefficient (Wildman–Crippen LogP) is 2.37. The maximum absolute atomic E-state index is 12.5. The SMILES string of the molecule is CCOc1ccc(S(=O)(=O)NC2COc3ccccc3C2)cc1. The van der Waals surface area contributed by atoms with Crippen LogP contribution in [0.3, 0.4) is 0 Å². The van der Waals surface area contributed by atoms with E-state index in [0.29, 0.717) is 25.4 Å². The Balaban J connectivity index is 1.72. The molecule has 0 fully saturated rings. The van der Waals surface area contributed by atoms with E-state index in [4.69, 9.17) is 9.47 Å². The molecule has 122 valence electrons. The summed E-state index contributed by atoms with van der Waals surface area (Å²) < 4.78 is 38.6. The molecule has 1 atom stereocenters. The van der Waals surface area contributed by atoms with E-state index in [9.17, 15) is 8.42 Å². The zero-order chi connectivity index (χ0) is 16.3.